The predicted octanol–water partition coefficient (Wildman–Crippen LogP) is 2.81. The lowest BCUT2D eigenvalue weighted by Gasteiger charge is -2.33. The van der Waals surface area contributed by atoms with Crippen LogP contribution in [-0.4, -0.2) is 37.7 Å². The number of piperazine rings is 1. The summed E-state index contributed by atoms with van der Waals surface area (Å²) in [6, 6.07) is 6.67. The van der Waals surface area contributed by atoms with Gasteiger partial charge in [0.25, 0.3) is 0 Å². The van der Waals surface area contributed by atoms with Crippen LogP contribution in [-0.2, 0) is 0 Å². The topological polar surface area (TPSA) is 24.5 Å². The second-order valence-electron chi connectivity index (χ2n) is 4.58. The molecule has 2 rings (SSSR count). The monoisotopic (exact) mass is 312 g/mol. The van der Waals surface area contributed by atoms with E-state index in [-0.39, 0.29) is 0 Å². The van der Waals surface area contributed by atoms with Crippen molar-refractivity contribution in [1.29, 1.82) is 0 Å². The number of ether oxygens (including phenoxy) is 1. The fourth-order valence-corrected chi connectivity index (χ4v) is 2.78. The zero-order valence-corrected chi connectivity index (χ0v) is 12.7. The number of benzene rings is 1. The zero-order chi connectivity index (χ0) is 13.0. The van der Waals surface area contributed by atoms with E-state index in [4.69, 9.17) is 4.74 Å². The first-order chi connectivity index (χ1) is 8.72. The van der Waals surface area contributed by atoms with Crippen molar-refractivity contribution in [2.24, 2.45) is 0 Å². The van der Waals surface area contributed by atoms with Gasteiger partial charge in [0.15, 0.2) is 0 Å². The van der Waals surface area contributed by atoms with E-state index >= 15 is 0 Å². The molecule has 1 saturated heterocycles. The van der Waals surface area contributed by atoms with Gasteiger partial charge >= 0.3 is 0 Å². The minimum absolute atomic E-state index is 0.395. The van der Waals surface area contributed by atoms with Crippen molar-refractivity contribution < 1.29 is 4.74 Å². The molecule has 0 amide bonds. The molecule has 1 fully saturated rings. The van der Waals surface area contributed by atoms with E-state index in [0.29, 0.717) is 12.6 Å². The predicted molar refractivity (Wildman–Crippen MR) is 78.2 cm³/mol. The van der Waals surface area contributed by atoms with Crippen LogP contribution >= 0.6 is 15.9 Å². The zero-order valence-electron chi connectivity index (χ0n) is 11.1. The van der Waals surface area contributed by atoms with Crippen molar-refractivity contribution in [2.75, 3.05) is 32.8 Å². The SMILES string of the molecule is CCOc1ccc(Br)cc1C(C)N1CCNCC1. The first-order valence-corrected chi connectivity index (χ1v) is 7.38. The first kappa shape index (κ1) is 13.8. The van der Waals surface area contributed by atoms with Gasteiger partial charge in [-0.2, -0.15) is 0 Å². The smallest absolute Gasteiger partial charge is 0.124 e. The second-order valence-corrected chi connectivity index (χ2v) is 5.49. The van der Waals surface area contributed by atoms with E-state index in [1.165, 1.54) is 5.56 Å². The molecule has 4 heteroatoms. The van der Waals surface area contributed by atoms with Gasteiger partial charge in [-0.05, 0) is 32.0 Å². The number of rotatable bonds is 4. The quantitative estimate of drug-likeness (QED) is 0.925. The maximum absolute atomic E-state index is 5.74. The van der Waals surface area contributed by atoms with Crippen LogP contribution in [0.3, 0.4) is 0 Å². The van der Waals surface area contributed by atoms with Gasteiger partial charge in [0.05, 0.1) is 6.61 Å². The highest BCUT2D eigenvalue weighted by Crippen LogP contribution is 2.32. The van der Waals surface area contributed by atoms with Crippen LogP contribution in [0.15, 0.2) is 22.7 Å². The van der Waals surface area contributed by atoms with Crippen LogP contribution in [0.4, 0.5) is 0 Å². The average Bonchev–Trinajstić information content (AvgIpc) is 2.41. The summed E-state index contributed by atoms with van der Waals surface area (Å²) < 4.78 is 6.85. The molecule has 0 aromatic heterocycles. The number of nitrogens with one attached hydrogen (secondary N) is 1. The van der Waals surface area contributed by atoms with Gasteiger partial charge < -0.3 is 10.1 Å². The van der Waals surface area contributed by atoms with Gasteiger partial charge in [-0.3, -0.25) is 4.90 Å². The summed E-state index contributed by atoms with van der Waals surface area (Å²) in [5.41, 5.74) is 1.27. The molecule has 0 radical (unpaired) electrons. The van der Waals surface area contributed by atoms with Crippen LogP contribution in [0, 0.1) is 0 Å². The van der Waals surface area contributed by atoms with Gasteiger partial charge in [-0.15, -0.1) is 0 Å². The van der Waals surface area contributed by atoms with Gasteiger partial charge in [-0.1, -0.05) is 15.9 Å². The van der Waals surface area contributed by atoms with E-state index in [2.05, 4.69) is 45.2 Å². The summed E-state index contributed by atoms with van der Waals surface area (Å²) >= 11 is 3.55. The number of hydrogen-bond donors (Lipinski definition) is 1. The molecule has 1 aliphatic heterocycles. The Labute approximate surface area is 118 Å². The Hall–Kier alpha value is -0.580. The van der Waals surface area contributed by atoms with Gasteiger partial charge in [-0.25, -0.2) is 0 Å². The van der Waals surface area contributed by atoms with Crippen LogP contribution < -0.4 is 10.1 Å². The maximum atomic E-state index is 5.74. The van der Waals surface area contributed by atoms with Crippen LogP contribution in [0.5, 0.6) is 5.75 Å². The van der Waals surface area contributed by atoms with E-state index in [1.807, 2.05) is 13.0 Å². The molecule has 0 bridgehead atoms. The lowest BCUT2D eigenvalue weighted by atomic mass is 10.0. The molecule has 0 aliphatic carbocycles. The highest BCUT2D eigenvalue weighted by Gasteiger charge is 2.21. The van der Waals surface area contributed by atoms with E-state index in [0.717, 1.165) is 36.4 Å². The van der Waals surface area contributed by atoms with Gasteiger partial charge in [0.2, 0.25) is 0 Å². The largest absolute Gasteiger partial charge is 0.494 e. The van der Waals surface area contributed by atoms with Crippen LogP contribution in [0.1, 0.15) is 25.5 Å². The fourth-order valence-electron chi connectivity index (χ4n) is 2.40. The van der Waals surface area contributed by atoms with Crippen molar-refractivity contribution in [3.8, 4) is 5.75 Å². The Morgan fingerprint density at radius 1 is 1.39 bits per heavy atom. The highest BCUT2D eigenvalue weighted by molar-refractivity contribution is 9.10. The first-order valence-electron chi connectivity index (χ1n) is 6.59. The molecule has 100 valence electrons. The third-order valence-corrected chi connectivity index (χ3v) is 3.91. The molecule has 1 aromatic rings. The molecule has 0 spiro atoms. The molecular formula is C14H21BrN2O. The number of nitrogens with zero attached hydrogens (tertiary/aromatic N) is 1. The molecule has 1 N–H and O–H groups in total. The van der Waals surface area contributed by atoms with Crippen molar-refractivity contribution in [2.45, 2.75) is 19.9 Å². The van der Waals surface area contributed by atoms with Crippen LogP contribution in [0.2, 0.25) is 0 Å². The van der Waals surface area contributed by atoms with Crippen LogP contribution in [0.25, 0.3) is 0 Å². The summed E-state index contributed by atoms with van der Waals surface area (Å²) in [5, 5.41) is 3.39. The summed E-state index contributed by atoms with van der Waals surface area (Å²) in [5.74, 6) is 1.01. The van der Waals surface area contributed by atoms with Gasteiger partial charge in [0.1, 0.15) is 5.75 Å². The third-order valence-electron chi connectivity index (χ3n) is 3.42. The Morgan fingerprint density at radius 3 is 2.78 bits per heavy atom. The maximum Gasteiger partial charge on any atom is 0.124 e. The molecule has 1 atom stereocenters. The van der Waals surface area contributed by atoms with E-state index in [1.54, 1.807) is 0 Å². The third kappa shape index (κ3) is 3.25. The Morgan fingerprint density at radius 2 is 2.11 bits per heavy atom. The highest BCUT2D eigenvalue weighted by atomic mass is 79.9. The molecule has 1 heterocycles. The van der Waals surface area contributed by atoms with E-state index in [9.17, 15) is 0 Å². The molecule has 3 nitrogen and oxygen atoms in total. The molecule has 1 aliphatic rings. The normalized spacial score (nSPS) is 18.6. The molecular weight excluding hydrogens is 292 g/mol. The lowest BCUT2D eigenvalue weighted by Crippen LogP contribution is -2.44. The van der Waals surface area contributed by atoms with Crippen molar-refractivity contribution in [3.63, 3.8) is 0 Å². The molecule has 1 aromatic carbocycles. The molecule has 1 unspecified atom stereocenters. The second kappa shape index (κ2) is 6.55. The van der Waals surface area contributed by atoms with Crippen molar-refractivity contribution >= 4 is 15.9 Å². The molecule has 0 saturated carbocycles. The Bertz CT molecular complexity index is 391. The number of halogens is 1. The standard InChI is InChI=1S/C14H21BrN2O/c1-3-18-14-5-4-12(15)10-13(14)11(2)17-8-6-16-7-9-17/h4-5,10-11,16H,3,6-9H2,1-2H3. The Kier molecular flexibility index (Phi) is 5.03. The summed E-state index contributed by atoms with van der Waals surface area (Å²) in [7, 11) is 0. The number of hydrogen-bond acceptors (Lipinski definition) is 3. The van der Waals surface area contributed by atoms with Gasteiger partial charge in [0, 0.05) is 42.3 Å². The van der Waals surface area contributed by atoms with E-state index < -0.39 is 0 Å². The van der Waals surface area contributed by atoms with Crippen molar-refractivity contribution in [1.82, 2.24) is 10.2 Å². The lowest BCUT2D eigenvalue weighted by molar-refractivity contribution is 0.181. The summed E-state index contributed by atoms with van der Waals surface area (Å²) in [4.78, 5) is 2.50. The molecule has 18 heavy (non-hydrogen) atoms. The fraction of sp³-hybridized carbons (Fsp3) is 0.571. The summed E-state index contributed by atoms with van der Waals surface area (Å²) in [6.45, 7) is 9.34. The average molecular weight is 313 g/mol. The summed E-state index contributed by atoms with van der Waals surface area (Å²) in [6.07, 6.45) is 0. The Balaban J connectivity index is 2.21. The van der Waals surface area contributed by atoms with Crippen molar-refractivity contribution in [3.05, 3.63) is 28.2 Å². The minimum Gasteiger partial charge on any atom is -0.494 e. The minimum atomic E-state index is 0.395.